The van der Waals surface area contributed by atoms with E-state index in [2.05, 4.69) is 0 Å². The van der Waals surface area contributed by atoms with E-state index in [1.165, 1.54) is 0 Å². The molecule has 0 bridgehead atoms. The summed E-state index contributed by atoms with van der Waals surface area (Å²) in [7, 11) is 0. The van der Waals surface area contributed by atoms with E-state index in [-0.39, 0.29) is 12.8 Å². The van der Waals surface area contributed by atoms with Crippen LogP contribution in [-0.2, 0) is 4.79 Å². The molecule has 0 amide bonds. The molecule has 0 aliphatic heterocycles. The quantitative estimate of drug-likeness (QED) is 0.467. The second-order valence-corrected chi connectivity index (χ2v) is 3.41. The lowest BCUT2D eigenvalue weighted by atomic mass is 9.74. The van der Waals surface area contributed by atoms with Gasteiger partial charge in [-0.2, -0.15) is 17.6 Å². The van der Waals surface area contributed by atoms with Crippen LogP contribution < -0.4 is 0 Å². The number of halogens is 4. The van der Waals surface area contributed by atoms with Crippen molar-refractivity contribution in [1.29, 1.82) is 0 Å². The normalized spacial score (nSPS) is 22.8. The molecule has 13 heavy (non-hydrogen) atoms. The topological polar surface area (TPSA) is 17.1 Å². The van der Waals surface area contributed by atoms with E-state index < -0.39 is 30.5 Å². The standard InChI is InChI=1S/C8H10F4O/c9-6(13)7(8(10,11)12)4-2-1-3-5-7/h1-5H2. The fourth-order valence-electron chi connectivity index (χ4n) is 1.75. The minimum Gasteiger partial charge on any atom is -0.260 e. The highest BCUT2D eigenvalue weighted by atomic mass is 19.4. The van der Waals surface area contributed by atoms with Crippen LogP contribution in [0.3, 0.4) is 0 Å². The average molecular weight is 198 g/mol. The van der Waals surface area contributed by atoms with E-state index in [0.29, 0.717) is 6.42 Å². The maximum absolute atomic E-state index is 12.4. The van der Waals surface area contributed by atoms with Gasteiger partial charge in [-0.25, -0.2) is 0 Å². The molecule has 0 saturated heterocycles. The second kappa shape index (κ2) is 3.27. The van der Waals surface area contributed by atoms with Crippen LogP contribution in [0.4, 0.5) is 17.6 Å². The molecule has 5 heteroatoms. The van der Waals surface area contributed by atoms with Gasteiger partial charge in [0, 0.05) is 0 Å². The molecule has 1 aliphatic carbocycles. The lowest BCUT2D eigenvalue weighted by Crippen LogP contribution is -2.44. The molecular weight excluding hydrogens is 188 g/mol. The monoisotopic (exact) mass is 198 g/mol. The molecule has 1 aliphatic rings. The van der Waals surface area contributed by atoms with Gasteiger partial charge >= 0.3 is 12.2 Å². The Morgan fingerprint density at radius 3 is 1.77 bits per heavy atom. The van der Waals surface area contributed by atoms with Gasteiger partial charge in [-0.05, 0) is 12.8 Å². The Morgan fingerprint density at radius 1 is 1.08 bits per heavy atom. The van der Waals surface area contributed by atoms with Gasteiger partial charge in [0.2, 0.25) is 0 Å². The Morgan fingerprint density at radius 2 is 1.54 bits per heavy atom. The van der Waals surface area contributed by atoms with E-state index in [9.17, 15) is 22.4 Å². The maximum Gasteiger partial charge on any atom is 0.404 e. The number of hydrogen-bond acceptors (Lipinski definition) is 1. The highest BCUT2D eigenvalue weighted by Gasteiger charge is 2.60. The Balaban J connectivity index is 2.93. The van der Waals surface area contributed by atoms with Crippen LogP contribution in [0, 0.1) is 5.41 Å². The first-order chi connectivity index (χ1) is 5.90. The zero-order valence-corrected chi connectivity index (χ0v) is 6.96. The summed E-state index contributed by atoms with van der Waals surface area (Å²) in [5, 5.41) is 0. The van der Waals surface area contributed by atoms with Gasteiger partial charge in [0.25, 0.3) is 0 Å². The molecule has 0 heterocycles. The Bertz CT molecular complexity index is 203. The summed E-state index contributed by atoms with van der Waals surface area (Å²) in [6.07, 6.45) is -4.34. The zero-order chi connectivity index (χ0) is 10.1. The van der Waals surface area contributed by atoms with Crippen molar-refractivity contribution in [3.63, 3.8) is 0 Å². The summed E-state index contributed by atoms with van der Waals surface area (Å²) >= 11 is 0. The van der Waals surface area contributed by atoms with Crippen molar-refractivity contribution < 1.29 is 22.4 Å². The number of alkyl halides is 3. The number of carbonyl (C=O) groups is 1. The van der Waals surface area contributed by atoms with Crippen LogP contribution in [0.5, 0.6) is 0 Å². The fraction of sp³-hybridized carbons (Fsp3) is 0.875. The summed E-state index contributed by atoms with van der Waals surface area (Å²) in [6, 6.07) is -2.22. The molecule has 76 valence electrons. The fourth-order valence-corrected chi connectivity index (χ4v) is 1.75. The van der Waals surface area contributed by atoms with Crippen molar-refractivity contribution in [1.82, 2.24) is 0 Å². The molecule has 0 unspecified atom stereocenters. The van der Waals surface area contributed by atoms with E-state index in [1.807, 2.05) is 0 Å². The second-order valence-electron chi connectivity index (χ2n) is 3.41. The molecule has 1 nitrogen and oxygen atoms in total. The van der Waals surface area contributed by atoms with Gasteiger partial charge in [-0.15, -0.1) is 0 Å². The predicted molar refractivity (Wildman–Crippen MR) is 37.7 cm³/mol. The number of carbonyl (C=O) groups excluding carboxylic acids is 1. The van der Waals surface area contributed by atoms with Gasteiger partial charge in [0.1, 0.15) is 0 Å². The number of hydrogen-bond donors (Lipinski definition) is 0. The molecule has 0 aromatic carbocycles. The minimum atomic E-state index is -4.74. The highest BCUT2D eigenvalue weighted by molar-refractivity contribution is 5.76. The lowest BCUT2D eigenvalue weighted by Gasteiger charge is -2.34. The van der Waals surface area contributed by atoms with E-state index in [0.717, 1.165) is 0 Å². The molecular formula is C8H10F4O. The van der Waals surface area contributed by atoms with E-state index in [4.69, 9.17) is 0 Å². The first-order valence-corrected chi connectivity index (χ1v) is 4.17. The largest absolute Gasteiger partial charge is 0.404 e. The van der Waals surface area contributed by atoms with Crippen LogP contribution in [-0.4, -0.2) is 12.2 Å². The van der Waals surface area contributed by atoms with Crippen molar-refractivity contribution in [3.05, 3.63) is 0 Å². The summed E-state index contributed by atoms with van der Waals surface area (Å²) < 4.78 is 49.5. The molecule has 0 spiro atoms. The van der Waals surface area contributed by atoms with Crippen molar-refractivity contribution in [3.8, 4) is 0 Å². The summed E-state index contributed by atoms with van der Waals surface area (Å²) in [5.74, 6) is 0. The third-order valence-corrected chi connectivity index (χ3v) is 2.63. The zero-order valence-electron chi connectivity index (χ0n) is 6.96. The van der Waals surface area contributed by atoms with Crippen molar-refractivity contribution in [2.24, 2.45) is 5.41 Å². The average Bonchev–Trinajstić information content (AvgIpc) is 2.03. The summed E-state index contributed by atoms with van der Waals surface area (Å²) in [6.45, 7) is 0. The summed E-state index contributed by atoms with van der Waals surface area (Å²) in [4.78, 5) is 10.4. The van der Waals surface area contributed by atoms with Crippen LogP contribution >= 0.6 is 0 Å². The van der Waals surface area contributed by atoms with Gasteiger partial charge < -0.3 is 0 Å². The molecule has 0 aromatic rings. The Hall–Kier alpha value is -0.610. The van der Waals surface area contributed by atoms with E-state index >= 15 is 0 Å². The molecule has 1 saturated carbocycles. The van der Waals surface area contributed by atoms with Gasteiger partial charge in [-0.1, -0.05) is 19.3 Å². The number of rotatable bonds is 1. The molecule has 1 fully saturated rings. The summed E-state index contributed by atoms with van der Waals surface area (Å²) in [5.41, 5.74) is -2.69. The highest BCUT2D eigenvalue weighted by Crippen LogP contribution is 2.49. The van der Waals surface area contributed by atoms with Crippen LogP contribution in [0.15, 0.2) is 0 Å². The molecule has 0 radical (unpaired) electrons. The van der Waals surface area contributed by atoms with Crippen LogP contribution in [0.25, 0.3) is 0 Å². The first-order valence-electron chi connectivity index (χ1n) is 4.17. The maximum atomic E-state index is 12.4. The van der Waals surface area contributed by atoms with Crippen LogP contribution in [0.2, 0.25) is 0 Å². The smallest absolute Gasteiger partial charge is 0.260 e. The SMILES string of the molecule is O=C(F)C1(C(F)(F)F)CCCCC1. The van der Waals surface area contributed by atoms with Gasteiger partial charge in [-0.3, -0.25) is 4.79 Å². The van der Waals surface area contributed by atoms with Crippen molar-refractivity contribution in [2.45, 2.75) is 38.3 Å². The van der Waals surface area contributed by atoms with Crippen molar-refractivity contribution in [2.75, 3.05) is 0 Å². The lowest BCUT2D eigenvalue weighted by molar-refractivity contribution is -0.234. The third-order valence-electron chi connectivity index (χ3n) is 2.63. The van der Waals surface area contributed by atoms with Gasteiger partial charge in [0.15, 0.2) is 5.41 Å². The van der Waals surface area contributed by atoms with Gasteiger partial charge in [0.05, 0.1) is 0 Å². The van der Waals surface area contributed by atoms with Crippen LogP contribution in [0.1, 0.15) is 32.1 Å². The first kappa shape index (κ1) is 10.5. The molecule has 1 rings (SSSR count). The third kappa shape index (κ3) is 1.69. The van der Waals surface area contributed by atoms with E-state index in [1.54, 1.807) is 0 Å². The minimum absolute atomic E-state index is 0.273. The molecule has 0 atom stereocenters. The van der Waals surface area contributed by atoms with Crippen molar-refractivity contribution >= 4 is 6.04 Å². The predicted octanol–water partition coefficient (Wildman–Crippen LogP) is 3.00. The Kier molecular flexibility index (Phi) is 2.63. The molecule has 0 aromatic heterocycles. The Labute approximate surface area is 73.1 Å². The molecule has 0 N–H and O–H groups in total.